The second-order valence-electron chi connectivity index (χ2n) is 6.29. The van der Waals surface area contributed by atoms with Crippen LogP contribution in [-0.2, 0) is 11.3 Å². The van der Waals surface area contributed by atoms with Crippen molar-refractivity contribution in [1.82, 2.24) is 25.3 Å². The average Bonchev–Trinajstić information content (AvgIpc) is 3.36. The van der Waals surface area contributed by atoms with Crippen molar-refractivity contribution in [1.29, 1.82) is 5.26 Å². The molecule has 0 aliphatic heterocycles. The quantitative estimate of drug-likeness (QED) is 0.340. The number of nitrogens with one attached hydrogen (secondary N) is 1. The first-order valence-corrected chi connectivity index (χ1v) is 9.11. The second-order valence-corrected chi connectivity index (χ2v) is 6.29. The fraction of sp³-hybridized carbons (Fsp3) is 0.100. The van der Waals surface area contributed by atoms with Crippen LogP contribution in [-0.4, -0.2) is 38.6 Å². The molecule has 0 aliphatic carbocycles. The molecule has 31 heavy (non-hydrogen) atoms. The highest BCUT2D eigenvalue weighted by molar-refractivity contribution is 5.87. The molecule has 0 unspecified atom stereocenters. The van der Waals surface area contributed by atoms with Crippen LogP contribution >= 0.6 is 0 Å². The zero-order chi connectivity index (χ0) is 21.6. The van der Waals surface area contributed by atoms with Crippen molar-refractivity contribution in [3.8, 4) is 23.3 Å². The number of rotatable bonds is 7. The molecule has 4 aromatic rings. The van der Waals surface area contributed by atoms with Crippen molar-refractivity contribution in [2.75, 3.05) is 12.3 Å². The summed E-state index contributed by atoms with van der Waals surface area (Å²) in [5.74, 6) is 0.517. The molecule has 0 bridgehead atoms. The number of nitrogens with zero attached hydrogens (tertiary/aromatic N) is 6. The lowest BCUT2D eigenvalue weighted by Crippen LogP contribution is -2.23. The number of carbonyl (C=O) groups excluding carboxylic acids is 1. The summed E-state index contributed by atoms with van der Waals surface area (Å²) >= 11 is 0. The van der Waals surface area contributed by atoms with Gasteiger partial charge in [0.15, 0.2) is 23.9 Å². The summed E-state index contributed by atoms with van der Waals surface area (Å²) in [6, 6.07) is 16.3. The number of para-hydroxylation sites is 3. The van der Waals surface area contributed by atoms with Crippen LogP contribution in [0.25, 0.3) is 22.6 Å². The van der Waals surface area contributed by atoms with E-state index in [0.29, 0.717) is 28.2 Å². The molecule has 0 fully saturated rings. The zero-order valence-corrected chi connectivity index (χ0v) is 16.1. The van der Waals surface area contributed by atoms with Gasteiger partial charge in [-0.25, -0.2) is 15.0 Å². The Bertz CT molecular complexity index is 1300. The molecule has 3 N–H and O–H groups in total. The maximum absolute atomic E-state index is 12.6. The molecule has 4 rings (SSSR count). The van der Waals surface area contributed by atoms with Crippen LogP contribution in [0.15, 0.2) is 58.3 Å². The van der Waals surface area contributed by atoms with E-state index in [-0.39, 0.29) is 24.7 Å². The fourth-order valence-corrected chi connectivity index (χ4v) is 2.95. The van der Waals surface area contributed by atoms with E-state index in [9.17, 15) is 4.79 Å². The Balaban J connectivity index is 1.54. The second kappa shape index (κ2) is 8.75. The van der Waals surface area contributed by atoms with Crippen molar-refractivity contribution < 1.29 is 14.2 Å². The predicted molar refractivity (Wildman–Crippen MR) is 111 cm³/mol. The van der Waals surface area contributed by atoms with Crippen LogP contribution in [0.5, 0.6) is 5.75 Å². The van der Waals surface area contributed by atoms with E-state index in [0.717, 1.165) is 0 Å². The molecule has 2 heterocycles. The smallest absolute Gasteiger partial charge is 0.260 e. The lowest BCUT2D eigenvalue weighted by molar-refractivity contribution is -0.121. The SMILES string of the molecule is N#CCOc1ccccc1C=NNC(=O)Cn1c(-c2nonc2N)nc2ccccc21. The summed E-state index contributed by atoms with van der Waals surface area (Å²) in [5.41, 5.74) is 10.5. The molecule has 0 spiro atoms. The number of amides is 1. The Morgan fingerprint density at radius 1 is 1.26 bits per heavy atom. The number of nitrogen functional groups attached to an aromatic ring is 1. The maximum atomic E-state index is 12.6. The number of fused-ring (bicyclic) bond motifs is 1. The molecule has 2 aromatic carbocycles. The zero-order valence-electron chi connectivity index (χ0n) is 16.1. The van der Waals surface area contributed by atoms with Gasteiger partial charge in [-0.1, -0.05) is 24.3 Å². The average molecular weight is 416 g/mol. The van der Waals surface area contributed by atoms with Crippen LogP contribution < -0.4 is 15.9 Å². The Morgan fingerprint density at radius 3 is 2.87 bits per heavy atom. The number of nitriles is 1. The van der Waals surface area contributed by atoms with Crippen LogP contribution in [0.3, 0.4) is 0 Å². The van der Waals surface area contributed by atoms with Crippen LogP contribution in [0.2, 0.25) is 0 Å². The van der Waals surface area contributed by atoms with Gasteiger partial charge < -0.3 is 15.0 Å². The van der Waals surface area contributed by atoms with Gasteiger partial charge in [-0.3, -0.25) is 4.79 Å². The van der Waals surface area contributed by atoms with Crippen molar-refractivity contribution in [3.05, 3.63) is 54.1 Å². The number of ether oxygens (including phenoxy) is 1. The monoisotopic (exact) mass is 416 g/mol. The lowest BCUT2D eigenvalue weighted by atomic mass is 10.2. The van der Waals surface area contributed by atoms with Gasteiger partial charge in [0.1, 0.15) is 18.4 Å². The Labute approximate surface area is 175 Å². The van der Waals surface area contributed by atoms with Crippen LogP contribution in [0, 0.1) is 11.3 Å². The van der Waals surface area contributed by atoms with Gasteiger partial charge in [-0.2, -0.15) is 10.4 Å². The van der Waals surface area contributed by atoms with Crippen molar-refractivity contribution in [2.45, 2.75) is 6.54 Å². The topological polar surface area (TPSA) is 157 Å². The number of hydrogen-bond donors (Lipinski definition) is 2. The van der Waals surface area contributed by atoms with Gasteiger partial charge in [-0.05, 0) is 34.6 Å². The summed E-state index contributed by atoms with van der Waals surface area (Å²) in [5, 5.41) is 20.0. The molecule has 0 aliphatic rings. The minimum atomic E-state index is -0.397. The van der Waals surface area contributed by atoms with E-state index < -0.39 is 5.91 Å². The van der Waals surface area contributed by atoms with E-state index in [1.807, 2.05) is 30.3 Å². The number of nitrogens with two attached hydrogens (primary N) is 1. The largest absolute Gasteiger partial charge is 0.478 e. The molecule has 1 amide bonds. The number of hydrazone groups is 1. The number of benzene rings is 2. The Hall–Kier alpha value is -4.72. The highest BCUT2D eigenvalue weighted by atomic mass is 16.6. The number of carbonyl (C=O) groups is 1. The molecule has 0 radical (unpaired) electrons. The van der Waals surface area contributed by atoms with E-state index in [1.54, 1.807) is 28.8 Å². The molecule has 0 atom stereocenters. The molecule has 2 aromatic heterocycles. The maximum Gasteiger partial charge on any atom is 0.260 e. The van der Waals surface area contributed by atoms with E-state index in [4.69, 9.17) is 15.7 Å². The Kier molecular flexibility index (Phi) is 5.53. The number of anilines is 1. The lowest BCUT2D eigenvalue weighted by Gasteiger charge is -2.07. The number of hydrogen-bond acceptors (Lipinski definition) is 9. The normalized spacial score (nSPS) is 10.9. The standard InChI is InChI=1S/C20H16N8O3/c21-9-10-30-16-8-4-1-5-13(16)11-23-25-17(29)12-28-15-7-3-2-6-14(15)24-20(28)18-19(22)27-31-26-18/h1-8,11H,10,12H2,(H2,22,27)(H,25,29). The summed E-state index contributed by atoms with van der Waals surface area (Å²) in [7, 11) is 0. The van der Waals surface area contributed by atoms with Crippen LogP contribution in [0.1, 0.15) is 5.56 Å². The fourth-order valence-electron chi connectivity index (χ4n) is 2.95. The van der Waals surface area contributed by atoms with Gasteiger partial charge in [0.05, 0.1) is 17.2 Å². The highest BCUT2D eigenvalue weighted by Crippen LogP contribution is 2.26. The summed E-state index contributed by atoms with van der Waals surface area (Å²) in [6.07, 6.45) is 1.44. The minimum absolute atomic E-state index is 0.0731. The minimum Gasteiger partial charge on any atom is -0.478 e. The summed E-state index contributed by atoms with van der Waals surface area (Å²) in [6.45, 7) is -0.181. The third-order valence-electron chi connectivity index (χ3n) is 4.29. The predicted octanol–water partition coefficient (Wildman–Crippen LogP) is 1.72. The van der Waals surface area contributed by atoms with Crippen LogP contribution in [0.4, 0.5) is 5.82 Å². The summed E-state index contributed by atoms with van der Waals surface area (Å²) < 4.78 is 11.7. The van der Waals surface area contributed by atoms with E-state index in [2.05, 4.69) is 30.5 Å². The van der Waals surface area contributed by atoms with Crippen molar-refractivity contribution >= 4 is 29.0 Å². The third-order valence-corrected chi connectivity index (χ3v) is 4.29. The molecule has 11 nitrogen and oxygen atoms in total. The third kappa shape index (κ3) is 4.18. The molecule has 11 heteroatoms. The first-order chi connectivity index (χ1) is 15.2. The highest BCUT2D eigenvalue weighted by Gasteiger charge is 2.20. The van der Waals surface area contributed by atoms with Gasteiger partial charge in [0.2, 0.25) is 0 Å². The number of imidazole rings is 1. The van der Waals surface area contributed by atoms with E-state index >= 15 is 0 Å². The number of aromatic nitrogens is 4. The first kappa shape index (κ1) is 19.6. The molecule has 154 valence electrons. The van der Waals surface area contributed by atoms with Gasteiger partial charge >= 0.3 is 0 Å². The molecule has 0 saturated heterocycles. The van der Waals surface area contributed by atoms with Gasteiger partial charge in [0, 0.05) is 5.56 Å². The van der Waals surface area contributed by atoms with Crippen molar-refractivity contribution in [3.63, 3.8) is 0 Å². The Morgan fingerprint density at radius 2 is 2.06 bits per heavy atom. The van der Waals surface area contributed by atoms with Gasteiger partial charge in [-0.15, -0.1) is 0 Å². The molecule has 0 saturated carbocycles. The molecular weight excluding hydrogens is 400 g/mol. The van der Waals surface area contributed by atoms with Gasteiger partial charge in [0.25, 0.3) is 5.91 Å². The summed E-state index contributed by atoms with van der Waals surface area (Å²) in [4.78, 5) is 17.1. The van der Waals surface area contributed by atoms with Crippen molar-refractivity contribution in [2.24, 2.45) is 5.10 Å². The first-order valence-electron chi connectivity index (χ1n) is 9.11. The van der Waals surface area contributed by atoms with E-state index in [1.165, 1.54) is 6.21 Å². The molecular formula is C20H16N8O3.